The Morgan fingerprint density at radius 2 is 1.85 bits per heavy atom. The Balaban J connectivity index is 1.97. The molecule has 1 fully saturated rings. The van der Waals surface area contributed by atoms with Gasteiger partial charge in [0.2, 0.25) is 5.95 Å². The number of nitrogens with zero attached hydrogens (tertiary/aromatic N) is 4. The summed E-state index contributed by atoms with van der Waals surface area (Å²) >= 11 is 0. The van der Waals surface area contributed by atoms with Crippen molar-refractivity contribution in [3.05, 3.63) is 23.7 Å². The Morgan fingerprint density at radius 3 is 2.42 bits per heavy atom. The molecule has 2 aromatic rings. The molecule has 3 rings (SSSR count). The summed E-state index contributed by atoms with van der Waals surface area (Å²) < 4.78 is 41.8. The molecule has 1 saturated carbocycles. The van der Waals surface area contributed by atoms with Gasteiger partial charge in [-0.15, -0.1) is 0 Å². The zero-order valence-corrected chi connectivity index (χ0v) is 15.1. The molecule has 0 unspecified atom stereocenters. The van der Waals surface area contributed by atoms with Gasteiger partial charge in [-0.2, -0.15) is 18.3 Å². The van der Waals surface area contributed by atoms with E-state index in [0.717, 1.165) is 37.4 Å². The van der Waals surface area contributed by atoms with Gasteiger partial charge >= 0.3 is 6.18 Å². The summed E-state index contributed by atoms with van der Waals surface area (Å²) in [7, 11) is 0. The largest absolute Gasteiger partial charge is 0.433 e. The van der Waals surface area contributed by atoms with Gasteiger partial charge in [0.25, 0.3) is 0 Å². The predicted octanol–water partition coefficient (Wildman–Crippen LogP) is 4.82. The lowest BCUT2D eigenvalue weighted by molar-refractivity contribution is -0.141. The molecule has 1 aliphatic carbocycles. The van der Waals surface area contributed by atoms with Crippen LogP contribution in [0.4, 0.5) is 19.1 Å². The van der Waals surface area contributed by atoms with Gasteiger partial charge in [0.15, 0.2) is 5.69 Å². The second-order valence-electron chi connectivity index (χ2n) is 6.75. The number of halogens is 3. The van der Waals surface area contributed by atoms with Crippen molar-refractivity contribution in [1.29, 1.82) is 0 Å². The molecule has 8 heteroatoms. The van der Waals surface area contributed by atoms with Crippen LogP contribution in [0.5, 0.6) is 0 Å². The third kappa shape index (κ3) is 4.16. The molecule has 142 valence electrons. The Bertz CT molecular complexity index is 746. The molecule has 5 nitrogen and oxygen atoms in total. The highest BCUT2D eigenvalue weighted by molar-refractivity contribution is 5.63. The first kappa shape index (κ1) is 18.7. The van der Waals surface area contributed by atoms with Crippen molar-refractivity contribution in [1.82, 2.24) is 19.7 Å². The molecule has 0 spiro atoms. The Hall–Kier alpha value is -2.12. The van der Waals surface area contributed by atoms with E-state index in [1.54, 1.807) is 10.9 Å². The second kappa shape index (κ2) is 7.63. The van der Waals surface area contributed by atoms with E-state index in [4.69, 9.17) is 0 Å². The summed E-state index contributed by atoms with van der Waals surface area (Å²) in [6, 6.07) is 1.12. The third-order valence-corrected chi connectivity index (χ3v) is 4.88. The molecule has 2 heterocycles. The van der Waals surface area contributed by atoms with Gasteiger partial charge < -0.3 is 5.32 Å². The minimum Gasteiger partial charge on any atom is -0.351 e. The van der Waals surface area contributed by atoms with E-state index in [2.05, 4.69) is 20.4 Å². The molecule has 1 aliphatic rings. The highest BCUT2D eigenvalue weighted by Crippen LogP contribution is 2.32. The standard InChI is InChI=1S/C18H24F3N5/c1-3-26-12(2)14(11-22-26)15-10-16(18(19,20)21)25-17(24-15)23-13-8-6-4-5-7-9-13/h10-11,13H,3-9H2,1-2H3,(H,23,24,25). The molecule has 0 amide bonds. The highest BCUT2D eigenvalue weighted by atomic mass is 19.4. The molecule has 0 bridgehead atoms. The maximum absolute atomic E-state index is 13.3. The highest BCUT2D eigenvalue weighted by Gasteiger charge is 2.34. The predicted molar refractivity (Wildman–Crippen MR) is 93.8 cm³/mol. The van der Waals surface area contributed by atoms with Crippen molar-refractivity contribution in [2.24, 2.45) is 0 Å². The Kier molecular flexibility index (Phi) is 5.48. The van der Waals surface area contributed by atoms with E-state index in [9.17, 15) is 13.2 Å². The number of aryl methyl sites for hydroxylation is 1. The molecular weight excluding hydrogens is 343 g/mol. The molecule has 2 aromatic heterocycles. The molecule has 0 radical (unpaired) electrons. The summed E-state index contributed by atoms with van der Waals surface area (Å²) in [5, 5.41) is 7.35. The van der Waals surface area contributed by atoms with Crippen LogP contribution in [0.2, 0.25) is 0 Å². The number of anilines is 1. The lowest BCUT2D eigenvalue weighted by Crippen LogP contribution is -2.21. The number of hydrogen-bond acceptors (Lipinski definition) is 4. The van der Waals surface area contributed by atoms with E-state index in [1.807, 2.05) is 13.8 Å². The summed E-state index contributed by atoms with van der Waals surface area (Å²) in [4.78, 5) is 8.11. The molecule has 0 saturated heterocycles. The third-order valence-electron chi connectivity index (χ3n) is 4.88. The van der Waals surface area contributed by atoms with E-state index >= 15 is 0 Å². The fourth-order valence-electron chi connectivity index (χ4n) is 3.42. The summed E-state index contributed by atoms with van der Waals surface area (Å²) in [5.74, 6) is 0.0466. The first-order chi connectivity index (χ1) is 12.4. The lowest BCUT2D eigenvalue weighted by Gasteiger charge is -2.18. The number of nitrogens with one attached hydrogen (secondary N) is 1. The monoisotopic (exact) mass is 367 g/mol. The molecule has 26 heavy (non-hydrogen) atoms. The van der Waals surface area contributed by atoms with Gasteiger partial charge in [-0.25, -0.2) is 9.97 Å². The molecule has 1 N–H and O–H groups in total. The first-order valence-electron chi connectivity index (χ1n) is 9.14. The van der Waals surface area contributed by atoms with Gasteiger partial charge in [-0.3, -0.25) is 4.68 Å². The number of rotatable bonds is 4. The smallest absolute Gasteiger partial charge is 0.351 e. The van der Waals surface area contributed by atoms with E-state index < -0.39 is 11.9 Å². The van der Waals surface area contributed by atoms with Gasteiger partial charge in [-0.1, -0.05) is 25.7 Å². The number of hydrogen-bond donors (Lipinski definition) is 1. The molecule has 0 aromatic carbocycles. The topological polar surface area (TPSA) is 55.6 Å². The maximum atomic E-state index is 13.3. The molecule has 0 atom stereocenters. The van der Waals surface area contributed by atoms with Crippen LogP contribution < -0.4 is 5.32 Å². The first-order valence-corrected chi connectivity index (χ1v) is 9.14. The van der Waals surface area contributed by atoms with Crippen molar-refractivity contribution in [3.63, 3.8) is 0 Å². The van der Waals surface area contributed by atoms with E-state index in [-0.39, 0.29) is 17.7 Å². The zero-order chi connectivity index (χ0) is 18.7. The van der Waals surface area contributed by atoms with Crippen molar-refractivity contribution in [2.45, 2.75) is 71.1 Å². The fourth-order valence-corrected chi connectivity index (χ4v) is 3.42. The van der Waals surface area contributed by atoms with E-state index in [0.29, 0.717) is 12.1 Å². The van der Waals surface area contributed by atoms with Gasteiger partial charge in [0.05, 0.1) is 11.9 Å². The van der Waals surface area contributed by atoms with Gasteiger partial charge in [0.1, 0.15) is 0 Å². The minimum atomic E-state index is -4.52. The average Bonchev–Trinajstić information content (AvgIpc) is 2.79. The number of alkyl halides is 3. The van der Waals surface area contributed by atoms with Crippen molar-refractivity contribution in [2.75, 3.05) is 5.32 Å². The minimum absolute atomic E-state index is 0.0466. The Labute approximate surface area is 151 Å². The zero-order valence-electron chi connectivity index (χ0n) is 15.1. The molecule has 0 aliphatic heterocycles. The van der Waals surface area contributed by atoms with Crippen LogP contribution in [0.15, 0.2) is 12.3 Å². The average molecular weight is 367 g/mol. The SMILES string of the molecule is CCn1ncc(-c2cc(C(F)(F)F)nc(NC3CCCCCC3)n2)c1C. The van der Waals surface area contributed by atoms with Crippen LogP contribution in [0, 0.1) is 6.92 Å². The van der Waals surface area contributed by atoms with Crippen LogP contribution in [0.25, 0.3) is 11.3 Å². The molecular formula is C18H24F3N5. The quantitative estimate of drug-likeness (QED) is 0.787. The van der Waals surface area contributed by atoms with Crippen LogP contribution in [0.1, 0.15) is 56.8 Å². The van der Waals surface area contributed by atoms with Gasteiger partial charge in [0, 0.05) is 23.8 Å². The van der Waals surface area contributed by atoms with Crippen molar-refractivity contribution >= 4 is 5.95 Å². The van der Waals surface area contributed by atoms with Gasteiger partial charge in [-0.05, 0) is 32.8 Å². The Morgan fingerprint density at radius 1 is 1.15 bits per heavy atom. The summed E-state index contributed by atoms with van der Waals surface area (Å²) in [5.41, 5.74) is 0.714. The van der Waals surface area contributed by atoms with Crippen molar-refractivity contribution in [3.8, 4) is 11.3 Å². The second-order valence-corrected chi connectivity index (χ2v) is 6.75. The normalized spacial score (nSPS) is 16.5. The van der Waals surface area contributed by atoms with Crippen LogP contribution >= 0.6 is 0 Å². The fraction of sp³-hybridized carbons (Fsp3) is 0.611. The van der Waals surface area contributed by atoms with Crippen LogP contribution in [-0.2, 0) is 12.7 Å². The summed E-state index contributed by atoms with van der Waals surface area (Å²) in [6.45, 7) is 4.42. The maximum Gasteiger partial charge on any atom is 0.433 e. The number of aromatic nitrogens is 4. The van der Waals surface area contributed by atoms with Crippen LogP contribution in [0.3, 0.4) is 0 Å². The van der Waals surface area contributed by atoms with E-state index in [1.165, 1.54) is 12.8 Å². The van der Waals surface area contributed by atoms with Crippen molar-refractivity contribution < 1.29 is 13.2 Å². The van der Waals surface area contributed by atoms with Crippen LogP contribution in [-0.4, -0.2) is 25.8 Å². The lowest BCUT2D eigenvalue weighted by atomic mass is 10.1. The summed E-state index contributed by atoms with van der Waals surface area (Å²) in [6.07, 6.45) is 3.40.